The summed E-state index contributed by atoms with van der Waals surface area (Å²) in [6.45, 7) is -0.116. The third-order valence-electron chi connectivity index (χ3n) is 3.65. The fraction of sp³-hybridized carbons (Fsp3) is 0.167. The van der Waals surface area contributed by atoms with Gasteiger partial charge in [-0.1, -0.05) is 35.1 Å². The van der Waals surface area contributed by atoms with Crippen molar-refractivity contribution in [3.05, 3.63) is 63.7 Å². The summed E-state index contributed by atoms with van der Waals surface area (Å²) in [6, 6.07) is 11.1. The minimum atomic E-state index is -0.486. The number of hydrogen-bond acceptors (Lipinski definition) is 4. The van der Waals surface area contributed by atoms with Crippen LogP contribution >= 0.6 is 22.9 Å². The molecule has 5 nitrogen and oxygen atoms in total. The zero-order valence-corrected chi connectivity index (χ0v) is 15.3. The van der Waals surface area contributed by atoms with Crippen molar-refractivity contribution in [1.82, 2.24) is 4.57 Å². The van der Waals surface area contributed by atoms with Gasteiger partial charge in [-0.05, 0) is 35.9 Å². The second kappa shape index (κ2) is 7.80. The van der Waals surface area contributed by atoms with Gasteiger partial charge in [0.15, 0.2) is 4.80 Å². The van der Waals surface area contributed by atoms with E-state index < -0.39 is 11.8 Å². The van der Waals surface area contributed by atoms with Crippen LogP contribution in [0.2, 0.25) is 5.02 Å². The number of carbonyl (C=O) groups excluding carboxylic acids is 2. The molecule has 1 aromatic heterocycles. The molecule has 0 N–H and O–H groups in total. The van der Waals surface area contributed by atoms with Crippen molar-refractivity contribution in [1.29, 1.82) is 0 Å². The van der Waals surface area contributed by atoms with Crippen LogP contribution in [0.15, 0.2) is 47.5 Å². The Morgan fingerprint density at radius 2 is 1.96 bits per heavy atom. The predicted molar refractivity (Wildman–Crippen MR) is 97.5 cm³/mol. The number of halogens is 2. The number of fused-ring (bicyclic) bond motifs is 1. The second-order valence-electron chi connectivity index (χ2n) is 5.47. The molecule has 3 aromatic rings. The van der Waals surface area contributed by atoms with Crippen LogP contribution in [0.3, 0.4) is 0 Å². The van der Waals surface area contributed by atoms with Crippen LogP contribution in [0, 0.1) is 5.82 Å². The van der Waals surface area contributed by atoms with Crippen LogP contribution in [-0.4, -0.2) is 23.6 Å². The maximum absolute atomic E-state index is 13.5. The Hall–Kier alpha value is -2.51. The lowest BCUT2D eigenvalue weighted by atomic mass is 10.1. The predicted octanol–water partition coefficient (Wildman–Crippen LogP) is 3.34. The molecule has 0 aliphatic rings. The first-order chi connectivity index (χ1) is 12.5. The number of aromatic nitrogens is 1. The molecule has 2 aromatic carbocycles. The van der Waals surface area contributed by atoms with E-state index in [4.69, 9.17) is 16.3 Å². The van der Waals surface area contributed by atoms with Gasteiger partial charge in [0, 0.05) is 5.02 Å². The molecule has 0 spiro atoms. The topological polar surface area (TPSA) is 60.7 Å². The van der Waals surface area contributed by atoms with E-state index in [-0.39, 0.29) is 18.9 Å². The van der Waals surface area contributed by atoms with Crippen molar-refractivity contribution in [2.45, 2.75) is 13.0 Å². The molecule has 3 rings (SSSR count). The number of nitrogens with zero attached hydrogens (tertiary/aromatic N) is 2. The van der Waals surface area contributed by atoms with E-state index >= 15 is 0 Å². The minimum Gasteiger partial charge on any atom is -0.468 e. The number of thiazole rings is 1. The standard InChI is InChI=1S/C18H14ClFN2O3S/c1-25-17(24)10-22-14-7-6-13(20)9-15(14)26-18(22)21-16(23)8-11-2-4-12(19)5-3-11/h2-7,9H,8,10H2,1H3. The van der Waals surface area contributed by atoms with E-state index in [0.717, 1.165) is 16.9 Å². The number of benzene rings is 2. The Kier molecular flexibility index (Phi) is 5.49. The van der Waals surface area contributed by atoms with Gasteiger partial charge < -0.3 is 9.30 Å². The molecule has 0 aliphatic heterocycles. The van der Waals surface area contributed by atoms with E-state index in [1.165, 1.54) is 19.2 Å². The first-order valence-electron chi connectivity index (χ1n) is 7.64. The molecule has 1 heterocycles. The number of ether oxygens (including phenoxy) is 1. The lowest BCUT2D eigenvalue weighted by molar-refractivity contribution is -0.141. The Morgan fingerprint density at radius 1 is 1.23 bits per heavy atom. The molecule has 26 heavy (non-hydrogen) atoms. The third-order valence-corrected chi connectivity index (χ3v) is 4.94. The van der Waals surface area contributed by atoms with Crippen molar-refractivity contribution >= 4 is 45.0 Å². The quantitative estimate of drug-likeness (QED) is 0.640. The van der Waals surface area contributed by atoms with Gasteiger partial charge in [0.1, 0.15) is 12.4 Å². The molecule has 134 valence electrons. The van der Waals surface area contributed by atoms with Crippen LogP contribution in [0.25, 0.3) is 10.2 Å². The summed E-state index contributed by atoms with van der Waals surface area (Å²) >= 11 is 6.97. The van der Waals surface area contributed by atoms with Gasteiger partial charge >= 0.3 is 5.97 Å². The van der Waals surface area contributed by atoms with Gasteiger partial charge in [-0.15, -0.1) is 0 Å². The number of amides is 1. The number of esters is 1. The summed E-state index contributed by atoms with van der Waals surface area (Å²) < 4.78 is 20.3. The Balaban J connectivity index is 2.00. The lowest BCUT2D eigenvalue weighted by Gasteiger charge is -2.03. The summed E-state index contributed by atoms with van der Waals surface area (Å²) in [7, 11) is 1.28. The Bertz CT molecular complexity index is 1040. The monoisotopic (exact) mass is 392 g/mol. The van der Waals surface area contributed by atoms with Gasteiger partial charge in [0.25, 0.3) is 5.91 Å². The number of rotatable bonds is 4. The first kappa shape index (κ1) is 18.3. The summed E-state index contributed by atoms with van der Waals surface area (Å²) in [4.78, 5) is 28.4. The van der Waals surface area contributed by atoms with E-state index in [1.807, 2.05) is 0 Å². The summed E-state index contributed by atoms with van der Waals surface area (Å²) in [5.74, 6) is -1.26. The molecule has 0 atom stereocenters. The highest BCUT2D eigenvalue weighted by Gasteiger charge is 2.12. The van der Waals surface area contributed by atoms with Crippen LogP contribution in [0.5, 0.6) is 0 Å². The van der Waals surface area contributed by atoms with Crippen LogP contribution < -0.4 is 4.80 Å². The molecule has 0 saturated carbocycles. The molecular weight excluding hydrogens is 379 g/mol. The van der Waals surface area contributed by atoms with Crippen LogP contribution in [0.1, 0.15) is 5.56 Å². The lowest BCUT2D eigenvalue weighted by Crippen LogP contribution is -2.22. The van der Waals surface area contributed by atoms with Crippen molar-refractivity contribution < 1.29 is 18.7 Å². The number of methoxy groups -OCH3 is 1. The van der Waals surface area contributed by atoms with Crippen LogP contribution in [-0.2, 0) is 27.3 Å². The minimum absolute atomic E-state index is 0.0952. The van der Waals surface area contributed by atoms with Gasteiger partial charge in [-0.3, -0.25) is 9.59 Å². The molecular formula is C18H14ClFN2O3S. The molecule has 1 amide bonds. The van der Waals surface area contributed by atoms with E-state index in [9.17, 15) is 14.0 Å². The Morgan fingerprint density at radius 3 is 2.65 bits per heavy atom. The highest BCUT2D eigenvalue weighted by Crippen LogP contribution is 2.19. The summed E-state index contributed by atoms with van der Waals surface area (Å²) in [5, 5.41) is 0.584. The molecule has 0 fully saturated rings. The second-order valence-corrected chi connectivity index (χ2v) is 6.91. The van der Waals surface area contributed by atoms with Crippen LogP contribution in [0.4, 0.5) is 4.39 Å². The first-order valence-corrected chi connectivity index (χ1v) is 8.83. The van der Waals surface area contributed by atoms with Crippen molar-refractivity contribution in [2.24, 2.45) is 4.99 Å². The molecule has 8 heteroatoms. The summed E-state index contributed by atoms with van der Waals surface area (Å²) in [5.41, 5.74) is 1.38. The van der Waals surface area contributed by atoms with Crippen molar-refractivity contribution in [3.8, 4) is 0 Å². The zero-order chi connectivity index (χ0) is 18.7. The molecule has 0 saturated heterocycles. The molecule has 0 radical (unpaired) electrons. The van der Waals surface area contributed by atoms with E-state index in [0.29, 0.717) is 20.0 Å². The van der Waals surface area contributed by atoms with Crippen molar-refractivity contribution in [2.75, 3.05) is 7.11 Å². The summed E-state index contributed by atoms with van der Waals surface area (Å²) in [6.07, 6.45) is 0.0952. The van der Waals surface area contributed by atoms with Crippen molar-refractivity contribution in [3.63, 3.8) is 0 Å². The smallest absolute Gasteiger partial charge is 0.325 e. The highest BCUT2D eigenvalue weighted by molar-refractivity contribution is 7.16. The van der Waals surface area contributed by atoms with Gasteiger partial charge in [-0.25, -0.2) is 4.39 Å². The third kappa shape index (κ3) is 4.17. The maximum Gasteiger partial charge on any atom is 0.325 e. The molecule has 0 aliphatic carbocycles. The van der Waals surface area contributed by atoms with Gasteiger partial charge in [0.2, 0.25) is 0 Å². The zero-order valence-electron chi connectivity index (χ0n) is 13.7. The maximum atomic E-state index is 13.5. The number of hydrogen-bond donors (Lipinski definition) is 0. The highest BCUT2D eigenvalue weighted by atomic mass is 35.5. The average Bonchev–Trinajstić information content (AvgIpc) is 2.93. The normalized spacial score (nSPS) is 11.7. The Labute approximate surface area is 157 Å². The average molecular weight is 393 g/mol. The van der Waals surface area contributed by atoms with E-state index in [1.54, 1.807) is 34.9 Å². The number of carbonyl (C=O) groups is 2. The van der Waals surface area contributed by atoms with Gasteiger partial charge in [-0.2, -0.15) is 4.99 Å². The van der Waals surface area contributed by atoms with Gasteiger partial charge in [0.05, 0.1) is 23.7 Å². The van der Waals surface area contributed by atoms with E-state index in [2.05, 4.69) is 4.99 Å². The molecule has 0 unspecified atom stereocenters. The fourth-order valence-corrected chi connectivity index (χ4v) is 3.60. The largest absolute Gasteiger partial charge is 0.468 e. The SMILES string of the molecule is COC(=O)Cn1c(=NC(=O)Cc2ccc(Cl)cc2)sc2cc(F)ccc21. The fourth-order valence-electron chi connectivity index (χ4n) is 2.40. The molecule has 0 bridgehead atoms.